The van der Waals surface area contributed by atoms with Crippen LogP contribution in [-0.2, 0) is 66.2 Å². The second-order valence-corrected chi connectivity index (χ2v) is 25.7. The van der Waals surface area contributed by atoms with E-state index in [4.69, 9.17) is 9.47 Å². The summed E-state index contributed by atoms with van der Waals surface area (Å²) in [6, 6.07) is 25.6. The molecule has 20 heteroatoms. The van der Waals surface area contributed by atoms with Gasteiger partial charge in [0.2, 0.25) is 10.7 Å². The Morgan fingerprint density at radius 1 is 0.474 bits per heavy atom. The predicted octanol–water partition coefficient (Wildman–Crippen LogP) is 4.92. The Morgan fingerprint density at radius 2 is 0.921 bits per heavy atom. The van der Waals surface area contributed by atoms with Gasteiger partial charge in [0.05, 0.1) is 30.7 Å². The van der Waals surface area contributed by atoms with Gasteiger partial charge in [-0.15, -0.1) is 0 Å². The lowest BCUT2D eigenvalue weighted by atomic mass is 9.86. The fraction of sp³-hybridized carbons (Fsp3) is 0.250. The van der Waals surface area contributed by atoms with Crippen molar-refractivity contribution >= 4 is 62.4 Å². The van der Waals surface area contributed by atoms with Gasteiger partial charge in [-0.05, 0) is 99.0 Å². The number of ether oxygens (including phenoxy) is 2. The number of nitrogens with zero attached hydrogens (tertiary/aromatic N) is 2. The minimum absolute atomic E-state index is 0.0651. The lowest BCUT2D eigenvalue weighted by Crippen LogP contribution is -2.45. The van der Waals surface area contributed by atoms with Crippen LogP contribution >= 0.6 is 0 Å². The summed E-state index contributed by atoms with van der Waals surface area (Å²) in [4.78, 5) is -2.74. The Hall–Kier alpha value is -6.62. The van der Waals surface area contributed by atoms with E-state index in [9.17, 15) is 51.9 Å². The molecular formula is C56H48N2O14S4. The van der Waals surface area contributed by atoms with Crippen LogP contribution in [0.3, 0.4) is 0 Å². The third-order valence-corrected chi connectivity index (χ3v) is 18.7. The van der Waals surface area contributed by atoms with Gasteiger partial charge >= 0.3 is 0 Å². The van der Waals surface area contributed by atoms with Gasteiger partial charge in [-0.3, -0.25) is 9.11 Å². The van der Waals surface area contributed by atoms with Gasteiger partial charge < -0.3 is 18.6 Å². The Morgan fingerprint density at radius 3 is 1.43 bits per heavy atom. The van der Waals surface area contributed by atoms with Crippen LogP contribution in [-0.4, -0.2) is 78.1 Å². The quantitative estimate of drug-likeness (QED) is 0.166. The van der Waals surface area contributed by atoms with Gasteiger partial charge in [-0.25, -0.2) is 26.0 Å². The summed E-state index contributed by atoms with van der Waals surface area (Å²) in [5.41, 5.74) is 8.76. The Kier molecular flexibility index (Phi) is 11.9. The number of rotatable bonds is 6. The number of fused-ring (bicyclic) bond motifs is 8. The highest BCUT2D eigenvalue weighted by Crippen LogP contribution is 2.45. The highest BCUT2D eigenvalue weighted by molar-refractivity contribution is 7.87. The lowest BCUT2D eigenvalue weighted by Gasteiger charge is -2.28. The van der Waals surface area contributed by atoms with Crippen LogP contribution in [0, 0.1) is 13.8 Å². The number of benzene rings is 7. The molecule has 16 nitrogen and oxygen atoms in total. The summed E-state index contributed by atoms with van der Waals surface area (Å²) in [6.07, 6.45) is 7.24. The average Bonchev–Trinajstić information content (AvgIpc) is 3.45. The largest absolute Gasteiger partial charge is 0.744 e. The number of hydrogen-bond donors (Lipinski definition) is 2. The lowest BCUT2D eigenvalue weighted by molar-refractivity contribution is 0.436. The molecule has 0 fully saturated rings. The zero-order chi connectivity index (χ0) is 53.4. The zero-order valence-corrected chi connectivity index (χ0v) is 44.3. The maximum absolute atomic E-state index is 12.6. The van der Waals surface area contributed by atoms with E-state index in [1.165, 1.54) is 22.8 Å². The van der Waals surface area contributed by atoms with Gasteiger partial charge in [0.25, 0.3) is 20.2 Å². The molecule has 13 rings (SSSR count). The first-order chi connectivity index (χ1) is 36.0. The van der Waals surface area contributed by atoms with Crippen molar-refractivity contribution in [2.75, 3.05) is 26.2 Å². The molecule has 6 heterocycles. The molecule has 2 N–H and O–H groups in total. The average molecular weight is 1100 g/mol. The molecular weight excluding hydrogens is 1050 g/mol. The highest BCUT2D eigenvalue weighted by atomic mass is 32.2. The minimum atomic E-state index is -5.14. The smallest absolute Gasteiger partial charge is 0.294 e. The molecule has 7 aromatic carbocycles. The summed E-state index contributed by atoms with van der Waals surface area (Å²) >= 11 is 0. The normalized spacial score (nSPS) is 16.4. The van der Waals surface area contributed by atoms with Crippen molar-refractivity contribution in [2.24, 2.45) is 0 Å². The molecule has 7 aromatic rings. The van der Waals surface area contributed by atoms with Crippen LogP contribution in [0.4, 0.5) is 0 Å². The molecule has 6 aliphatic heterocycles. The van der Waals surface area contributed by atoms with E-state index >= 15 is 0 Å². The standard InChI is InChI=1S/C30H25NO7S2.C26H23NO7S2/c1-17-6-9-21-18(14-17)7-10-23-27(22-11-8-20(39(32,33)34)16-26(22)40(35,36)37)25-15-19-4-2-12-31-13-3-5-24(28(19)31)30(25)38-29(21)23;1-15-6-8-18-22(12-15)34-26-20-5-3-11-27-10-2-4-16(25(20)27)13-21(26)24(18)19-9-7-17(35(28,29)30)14-23(19)36(31,32)33/h6-11,14-16H,2-5,12-13H2,1H3,(H-,32,33,34,35,36,37);6-9,12-14H,2-5,10-11H2,1H3,(H-,28,29,30,31,32,33). The van der Waals surface area contributed by atoms with E-state index < -0.39 is 60.1 Å². The van der Waals surface area contributed by atoms with Crippen LogP contribution < -0.4 is 39.8 Å². The molecule has 0 atom stereocenters. The first-order valence-electron chi connectivity index (χ1n) is 24.8. The molecule has 0 saturated carbocycles. The van der Waals surface area contributed by atoms with Crippen molar-refractivity contribution in [3.8, 4) is 23.0 Å². The maximum atomic E-state index is 12.6. The summed E-state index contributed by atoms with van der Waals surface area (Å²) in [6.45, 7) is 7.79. The second kappa shape index (κ2) is 18.0. The molecule has 0 bridgehead atoms. The van der Waals surface area contributed by atoms with Crippen molar-refractivity contribution in [3.05, 3.63) is 174 Å². The van der Waals surface area contributed by atoms with E-state index in [0.29, 0.717) is 55.7 Å². The van der Waals surface area contributed by atoms with Crippen molar-refractivity contribution in [1.82, 2.24) is 9.15 Å². The minimum Gasteiger partial charge on any atom is -0.744 e. The summed E-state index contributed by atoms with van der Waals surface area (Å²) in [5.74, 6) is 2.36. The zero-order valence-electron chi connectivity index (χ0n) is 41.0. The monoisotopic (exact) mass is 1100 g/mol. The molecule has 76 heavy (non-hydrogen) atoms. The number of aryl methyl sites for hydroxylation is 4. The summed E-state index contributed by atoms with van der Waals surface area (Å²) in [7, 11) is -19.7. The van der Waals surface area contributed by atoms with Crippen molar-refractivity contribution < 1.29 is 61.4 Å². The van der Waals surface area contributed by atoms with E-state index in [0.717, 1.165) is 146 Å². The van der Waals surface area contributed by atoms with Crippen molar-refractivity contribution in [1.29, 1.82) is 0 Å². The van der Waals surface area contributed by atoms with Crippen molar-refractivity contribution in [3.63, 3.8) is 0 Å². The third kappa shape index (κ3) is 8.55. The van der Waals surface area contributed by atoms with Crippen LogP contribution in [0.2, 0.25) is 0 Å². The first kappa shape index (κ1) is 50.2. The molecule has 0 aliphatic carbocycles. The molecule has 0 amide bonds. The van der Waals surface area contributed by atoms with E-state index in [1.54, 1.807) is 0 Å². The molecule has 0 aromatic heterocycles. The molecule has 0 radical (unpaired) electrons. The Balaban J connectivity index is 0.000000154. The van der Waals surface area contributed by atoms with Gasteiger partial charge in [-0.1, -0.05) is 54.1 Å². The van der Waals surface area contributed by atoms with Gasteiger partial charge in [0, 0.05) is 86.0 Å². The van der Waals surface area contributed by atoms with Crippen LogP contribution in [0.5, 0.6) is 23.0 Å². The van der Waals surface area contributed by atoms with E-state index in [-0.39, 0.29) is 11.1 Å². The number of hydrogen-bond acceptors (Lipinski definition) is 12. The van der Waals surface area contributed by atoms with Crippen LogP contribution in [0.15, 0.2) is 117 Å². The first-order valence-corrected chi connectivity index (χ1v) is 30.5. The molecule has 0 spiro atoms. The predicted molar refractivity (Wildman–Crippen MR) is 278 cm³/mol. The van der Waals surface area contributed by atoms with Gasteiger partial charge in [0.1, 0.15) is 69.4 Å². The van der Waals surface area contributed by atoms with Crippen molar-refractivity contribution in [2.45, 2.75) is 84.8 Å². The highest BCUT2D eigenvalue weighted by Gasteiger charge is 2.35. The van der Waals surface area contributed by atoms with E-state index in [1.807, 2.05) is 74.5 Å². The SMILES string of the molecule is Cc1ccc2c(c1)Oc1c3c4c(cc1=C2c1ccc(S(=O)(=O)O)cc1S(=O)(=O)[O-])CCC[N+]=4CCC3.Cc1ccc2c3c(ccc2c1)C(c1ccc(S(=O)(=O)O)cc1S(=O)(=O)[O-])=c1cc2c4c(c1O3)CCC[N+]=4CCC2. The summed E-state index contributed by atoms with van der Waals surface area (Å²) in [5, 5.41) is 5.49. The fourth-order valence-corrected chi connectivity index (χ4v) is 14.7. The molecule has 0 unspecified atom stereocenters. The topological polar surface area (TPSA) is 248 Å². The fourth-order valence-electron chi connectivity index (χ4n) is 12.2. The Bertz CT molecular complexity index is 4550. The maximum Gasteiger partial charge on any atom is 0.294 e. The Labute approximate surface area is 438 Å². The van der Waals surface area contributed by atoms with Crippen LogP contribution in [0.1, 0.15) is 81.3 Å². The van der Waals surface area contributed by atoms with Gasteiger partial charge in [-0.2, -0.15) is 16.8 Å². The third-order valence-electron chi connectivity index (χ3n) is 15.3. The van der Waals surface area contributed by atoms with Gasteiger partial charge in [0.15, 0.2) is 0 Å². The molecule has 390 valence electrons. The van der Waals surface area contributed by atoms with E-state index in [2.05, 4.69) is 9.15 Å². The second-order valence-electron chi connectivity index (χ2n) is 20.2. The molecule has 6 aliphatic rings. The summed E-state index contributed by atoms with van der Waals surface area (Å²) < 4.78 is 159. The molecule has 0 saturated heterocycles. The van der Waals surface area contributed by atoms with Crippen LogP contribution in [0.25, 0.3) is 21.9 Å².